The largest absolute Gasteiger partial charge is 0.393 e. The normalized spacial score (nSPS) is 23.7. The first-order valence-corrected chi connectivity index (χ1v) is 5.02. The van der Waals surface area contributed by atoms with Crippen LogP contribution in [0.15, 0.2) is 24.3 Å². The van der Waals surface area contributed by atoms with Crippen LogP contribution in [0.4, 0.5) is 0 Å². The van der Waals surface area contributed by atoms with E-state index < -0.39 is 0 Å². The van der Waals surface area contributed by atoms with Crippen molar-refractivity contribution in [1.29, 1.82) is 0 Å². The summed E-state index contributed by atoms with van der Waals surface area (Å²) in [5.41, 5.74) is 2.90. The van der Waals surface area contributed by atoms with Gasteiger partial charge < -0.3 is 5.11 Å². The summed E-state index contributed by atoms with van der Waals surface area (Å²) >= 11 is 0. The SMILES string of the molecule is C[C@@H](O)[C@H]1CCc2ccccc2C1. The van der Waals surface area contributed by atoms with E-state index in [9.17, 15) is 5.11 Å². The Kier molecular flexibility index (Phi) is 2.36. The summed E-state index contributed by atoms with van der Waals surface area (Å²) < 4.78 is 0. The van der Waals surface area contributed by atoms with Gasteiger partial charge in [0.25, 0.3) is 0 Å². The van der Waals surface area contributed by atoms with Crippen LogP contribution in [-0.2, 0) is 12.8 Å². The summed E-state index contributed by atoms with van der Waals surface area (Å²) in [4.78, 5) is 0. The Bertz CT molecular complexity index is 291. The number of fused-ring (bicyclic) bond motifs is 1. The quantitative estimate of drug-likeness (QED) is 0.695. The molecule has 0 fully saturated rings. The van der Waals surface area contributed by atoms with Crippen molar-refractivity contribution in [1.82, 2.24) is 0 Å². The van der Waals surface area contributed by atoms with Crippen LogP contribution in [0, 0.1) is 5.92 Å². The fourth-order valence-corrected chi connectivity index (χ4v) is 2.14. The highest BCUT2D eigenvalue weighted by molar-refractivity contribution is 5.29. The molecule has 1 aromatic carbocycles. The minimum atomic E-state index is -0.159. The predicted octanol–water partition coefficient (Wildman–Crippen LogP) is 2.17. The van der Waals surface area contributed by atoms with Crippen molar-refractivity contribution in [3.63, 3.8) is 0 Å². The van der Waals surface area contributed by atoms with E-state index in [1.54, 1.807) is 0 Å². The van der Waals surface area contributed by atoms with E-state index >= 15 is 0 Å². The number of hydrogen-bond acceptors (Lipinski definition) is 1. The Morgan fingerprint density at radius 1 is 1.31 bits per heavy atom. The number of hydrogen-bond donors (Lipinski definition) is 1. The maximum Gasteiger partial charge on any atom is 0.0543 e. The molecule has 0 aromatic heterocycles. The number of aliphatic hydroxyl groups is 1. The summed E-state index contributed by atoms with van der Waals surface area (Å²) in [7, 11) is 0. The van der Waals surface area contributed by atoms with Crippen LogP contribution in [0.3, 0.4) is 0 Å². The molecule has 1 heteroatoms. The smallest absolute Gasteiger partial charge is 0.0543 e. The van der Waals surface area contributed by atoms with Gasteiger partial charge in [-0.1, -0.05) is 24.3 Å². The van der Waals surface area contributed by atoms with Gasteiger partial charge in [0.1, 0.15) is 0 Å². The van der Waals surface area contributed by atoms with Crippen molar-refractivity contribution in [3.8, 4) is 0 Å². The van der Waals surface area contributed by atoms with Crippen molar-refractivity contribution >= 4 is 0 Å². The Balaban J connectivity index is 2.20. The number of rotatable bonds is 1. The molecule has 1 nitrogen and oxygen atoms in total. The van der Waals surface area contributed by atoms with Crippen LogP contribution in [0.25, 0.3) is 0 Å². The van der Waals surface area contributed by atoms with Crippen molar-refractivity contribution in [3.05, 3.63) is 35.4 Å². The first-order chi connectivity index (χ1) is 6.27. The van der Waals surface area contributed by atoms with Gasteiger partial charge in [-0.25, -0.2) is 0 Å². The van der Waals surface area contributed by atoms with Gasteiger partial charge in [-0.2, -0.15) is 0 Å². The van der Waals surface area contributed by atoms with Gasteiger partial charge in [0.2, 0.25) is 0 Å². The first kappa shape index (κ1) is 8.76. The van der Waals surface area contributed by atoms with Gasteiger partial charge in [-0.05, 0) is 43.2 Å². The highest BCUT2D eigenvalue weighted by atomic mass is 16.3. The fraction of sp³-hybridized carbons (Fsp3) is 0.500. The zero-order chi connectivity index (χ0) is 9.26. The van der Waals surface area contributed by atoms with E-state index in [0.29, 0.717) is 5.92 Å². The van der Waals surface area contributed by atoms with Crippen LogP contribution >= 0.6 is 0 Å². The third-order valence-corrected chi connectivity index (χ3v) is 3.07. The molecule has 0 saturated carbocycles. The molecule has 1 aliphatic carbocycles. The maximum absolute atomic E-state index is 9.50. The molecule has 70 valence electrons. The Labute approximate surface area is 79.4 Å². The van der Waals surface area contributed by atoms with Gasteiger partial charge in [-0.15, -0.1) is 0 Å². The van der Waals surface area contributed by atoms with Crippen LogP contribution in [-0.4, -0.2) is 11.2 Å². The summed E-state index contributed by atoms with van der Waals surface area (Å²) in [5.74, 6) is 0.468. The van der Waals surface area contributed by atoms with Crippen molar-refractivity contribution in [2.75, 3.05) is 0 Å². The summed E-state index contributed by atoms with van der Waals surface area (Å²) in [6, 6.07) is 8.57. The molecule has 0 unspecified atom stereocenters. The van der Waals surface area contributed by atoms with Crippen molar-refractivity contribution in [2.45, 2.75) is 32.3 Å². The second-order valence-electron chi connectivity index (χ2n) is 4.01. The molecule has 13 heavy (non-hydrogen) atoms. The lowest BCUT2D eigenvalue weighted by Gasteiger charge is -2.26. The maximum atomic E-state index is 9.50. The number of aryl methyl sites for hydroxylation is 1. The van der Waals surface area contributed by atoms with E-state index in [-0.39, 0.29) is 6.10 Å². The molecular weight excluding hydrogens is 160 g/mol. The van der Waals surface area contributed by atoms with Gasteiger partial charge in [0.15, 0.2) is 0 Å². The summed E-state index contributed by atoms with van der Waals surface area (Å²) in [6.07, 6.45) is 3.15. The number of benzene rings is 1. The molecule has 2 atom stereocenters. The first-order valence-electron chi connectivity index (χ1n) is 5.02. The third-order valence-electron chi connectivity index (χ3n) is 3.07. The van der Waals surface area contributed by atoms with Gasteiger partial charge in [0, 0.05) is 0 Å². The van der Waals surface area contributed by atoms with E-state index in [0.717, 1.165) is 19.3 Å². The van der Waals surface area contributed by atoms with Crippen molar-refractivity contribution < 1.29 is 5.11 Å². The monoisotopic (exact) mass is 176 g/mol. The van der Waals surface area contributed by atoms with E-state index in [1.807, 2.05) is 6.92 Å². The average molecular weight is 176 g/mol. The summed E-state index contributed by atoms with van der Waals surface area (Å²) in [6.45, 7) is 1.90. The second kappa shape index (κ2) is 3.51. The van der Waals surface area contributed by atoms with E-state index in [4.69, 9.17) is 0 Å². The highest BCUT2D eigenvalue weighted by Crippen LogP contribution is 2.27. The molecule has 1 aliphatic rings. The molecular formula is C12H16O. The highest BCUT2D eigenvalue weighted by Gasteiger charge is 2.21. The Morgan fingerprint density at radius 2 is 2.00 bits per heavy atom. The van der Waals surface area contributed by atoms with Crippen LogP contribution < -0.4 is 0 Å². The minimum Gasteiger partial charge on any atom is -0.393 e. The molecule has 0 bridgehead atoms. The Morgan fingerprint density at radius 3 is 2.69 bits per heavy atom. The molecule has 2 rings (SSSR count). The lowest BCUT2D eigenvalue weighted by Crippen LogP contribution is -2.24. The zero-order valence-corrected chi connectivity index (χ0v) is 8.03. The molecule has 0 amide bonds. The van der Waals surface area contributed by atoms with Gasteiger partial charge in [-0.3, -0.25) is 0 Å². The predicted molar refractivity (Wildman–Crippen MR) is 53.6 cm³/mol. The standard InChI is InChI=1S/C12H16O/c1-9(13)11-7-6-10-4-2-3-5-12(10)8-11/h2-5,9,11,13H,6-8H2,1H3/t9-,11+/m1/s1. The molecule has 0 saturated heterocycles. The molecule has 0 aliphatic heterocycles. The molecule has 0 spiro atoms. The fourth-order valence-electron chi connectivity index (χ4n) is 2.14. The van der Waals surface area contributed by atoms with Gasteiger partial charge in [0.05, 0.1) is 6.10 Å². The van der Waals surface area contributed by atoms with Crippen LogP contribution in [0.5, 0.6) is 0 Å². The summed E-state index contributed by atoms with van der Waals surface area (Å²) in [5, 5.41) is 9.50. The average Bonchev–Trinajstić information content (AvgIpc) is 2.17. The topological polar surface area (TPSA) is 20.2 Å². The molecule has 0 heterocycles. The lowest BCUT2D eigenvalue weighted by atomic mass is 9.81. The van der Waals surface area contributed by atoms with Crippen LogP contribution in [0.2, 0.25) is 0 Å². The number of aliphatic hydroxyl groups excluding tert-OH is 1. The second-order valence-corrected chi connectivity index (χ2v) is 4.01. The lowest BCUT2D eigenvalue weighted by molar-refractivity contribution is 0.117. The van der Waals surface area contributed by atoms with E-state index in [1.165, 1.54) is 11.1 Å². The van der Waals surface area contributed by atoms with Gasteiger partial charge >= 0.3 is 0 Å². The molecule has 1 N–H and O–H groups in total. The van der Waals surface area contributed by atoms with E-state index in [2.05, 4.69) is 24.3 Å². The molecule has 1 aromatic rings. The van der Waals surface area contributed by atoms with Crippen molar-refractivity contribution in [2.24, 2.45) is 5.92 Å². The Hall–Kier alpha value is -0.820. The molecule has 0 radical (unpaired) electrons. The minimum absolute atomic E-state index is 0.159. The zero-order valence-electron chi connectivity index (χ0n) is 8.03. The van der Waals surface area contributed by atoms with Crippen LogP contribution in [0.1, 0.15) is 24.5 Å². The third kappa shape index (κ3) is 1.75.